The minimum absolute atomic E-state index is 0.330. The maximum Gasteiger partial charge on any atom is 0.338 e. The van der Waals surface area contributed by atoms with Gasteiger partial charge in [-0.2, -0.15) is 0 Å². The van der Waals surface area contributed by atoms with Gasteiger partial charge in [0.2, 0.25) is 0 Å². The first-order valence-corrected chi connectivity index (χ1v) is 8.28. The third-order valence-electron chi connectivity index (χ3n) is 3.95. The van der Waals surface area contributed by atoms with E-state index in [1.54, 1.807) is 37.5 Å². The number of nitrogens with zero attached hydrogens (tertiary/aromatic N) is 2. The Balaban J connectivity index is 1.58. The molecule has 132 valence electrons. The molecule has 2 aromatic carbocycles. The van der Waals surface area contributed by atoms with Gasteiger partial charge in [-0.25, -0.2) is 4.79 Å². The van der Waals surface area contributed by atoms with Gasteiger partial charge in [-0.1, -0.05) is 29.8 Å². The van der Waals surface area contributed by atoms with Crippen LogP contribution in [0.15, 0.2) is 54.9 Å². The van der Waals surface area contributed by atoms with Crippen LogP contribution in [0.25, 0.3) is 11.0 Å². The molecule has 0 bridgehead atoms. The summed E-state index contributed by atoms with van der Waals surface area (Å²) in [6.07, 6.45) is 2.24. The summed E-state index contributed by atoms with van der Waals surface area (Å²) < 4.78 is 5.26. The molecule has 6 heteroatoms. The van der Waals surface area contributed by atoms with Crippen molar-refractivity contribution in [2.24, 2.45) is 0 Å². The molecule has 0 aliphatic rings. The molecule has 0 aliphatic carbocycles. The fraction of sp³-hybridized carbons (Fsp3) is 0.200. The van der Waals surface area contributed by atoms with E-state index < -0.39 is 12.1 Å². The molecule has 3 aromatic rings. The van der Waals surface area contributed by atoms with Gasteiger partial charge in [-0.05, 0) is 37.6 Å². The number of carbonyl (C=O) groups excluding carboxylic acids is 2. The third-order valence-corrected chi connectivity index (χ3v) is 3.95. The highest BCUT2D eigenvalue weighted by molar-refractivity contribution is 5.95. The van der Waals surface area contributed by atoms with E-state index in [-0.39, 0.29) is 5.91 Å². The molecule has 1 heterocycles. The number of nitrogens with one attached hydrogen (secondary N) is 1. The number of aromatic nitrogens is 2. The summed E-state index contributed by atoms with van der Waals surface area (Å²) >= 11 is 0. The first-order chi connectivity index (χ1) is 12.5. The van der Waals surface area contributed by atoms with E-state index in [1.165, 1.54) is 0 Å². The fourth-order valence-electron chi connectivity index (χ4n) is 2.41. The van der Waals surface area contributed by atoms with E-state index in [0.29, 0.717) is 23.1 Å². The quantitative estimate of drug-likeness (QED) is 0.716. The van der Waals surface area contributed by atoms with Crippen LogP contribution >= 0.6 is 0 Å². The molecular formula is C20H19N3O3. The van der Waals surface area contributed by atoms with Crippen LogP contribution in [0.1, 0.15) is 28.4 Å². The Morgan fingerprint density at radius 1 is 1.04 bits per heavy atom. The molecule has 0 radical (unpaired) electrons. The van der Waals surface area contributed by atoms with Crippen LogP contribution in [0.3, 0.4) is 0 Å². The second-order valence-corrected chi connectivity index (χ2v) is 6.01. The van der Waals surface area contributed by atoms with Gasteiger partial charge in [0.15, 0.2) is 6.10 Å². The standard InChI is InChI=1S/C20H19N3O3/c1-13-3-5-15(6-4-13)12-23-19(24)14(2)26-20(25)16-7-8-17-18(11-16)22-10-9-21-17/h3-11,14H,12H2,1-2H3,(H,23,24)/t14-/m0/s1. The molecule has 0 saturated heterocycles. The Morgan fingerprint density at radius 3 is 2.46 bits per heavy atom. The number of benzene rings is 2. The molecule has 0 spiro atoms. The second kappa shape index (κ2) is 7.74. The number of rotatable bonds is 5. The predicted molar refractivity (Wildman–Crippen MR) is 97.4 cm³/mol. The number of ether oxygens (including phenoxy) is 1. The van der Waals surface area contributed by atoms with Gasteiger partial charge in [0, 0.05) is 18.9 Å². The lowest BCUT2D eigenvalue weighted by atomic mass is 10.1. The van der Waals surface area contributed by atoms with E-state index in [0.717, 1.165) is 11.1 Å². The fourth-order valence-corrected chi connectivity index (χ4v) is 2.41. The van der Waals surface area contributed by atoms with Crippen molar-refractivity contribution in [1.82, 2.24) is 15.3 Å². The zero-order chi connectivity index (χ0) is 18.5. The van der Waals surface area contributed by atoms with Gasteiger partial charge in [-0.3, -0.25) is 14.8 Å². The van der Waals surface area contributed by atoms with Gasteiger partial charge < -0.3 is 10.1 Å². The van der Waals surface area contributed by atoms with Crippen molar-refractivity contribution in [3.63, 3.8) is 0 Å². The summed E-state index contributed by atoms with van der Waals surface area (Å²) in [4.78, 5) is 32.7. The van der Waals surface area contributed by atoms with Gasteiger partial charge in [0.1, 0.15) is 0 Å². The van der Waals surface area contributed by atoms with Crippen molar-refractivity contribution in [2.45, 2.75) is 26.5 Å². The van der Waals surface area contributed by atoms with Crippen molar-refractivity contribution in [2.75, 3.05) is 0 Å². The van der Waals surface area contributed by atoms with E-state index in [4.69, 9.17) is 4.74 Å². The van der Waals surface area contributed by atoms with Crippen molar-refractivity contribution in [3.8, 4) is 0 Å². The summed E-state index contributed by atoms with van der Waals surface area (Å²) in [7, 11) is 0. The lowest BCUT2D eigenvalue weighted by Crippen LogP contribution is -2.35. The summed E-state index contributed by atoms with van der Waals surface area (Å²) in [5, 5.41) is 2.77. The van der Waals surface area contributed by atoms with E-state index in [2.05, 4.69) is 15.3 Å². The van der Waals surface area contributed by atoms with Crippen LogP contribution in [0.4, 0.5) is 0 Å². The Bertz CT molecular complexity index is 938. The van der Waals surface area contributed by atoms with E-state index in [1.807, 2.05) is 31.2 Å². The summed E-state index contributed by atoms with van der Waals surface area (Å²) in [6.45, 7) is 3.93. The van der Waals surface area contributed by atoms with Crippen LogP contribution in [-0.2, 0) is 16.1 Å². The van der Waals surface area contributed by atoms with Gasteiger partial charge in [0.25, 0.3) is 5.91 Å². The predicted octanol–water partition coefficient (Wildman–Crippen LogP) is 2.80. The molecule has 0 aliphatic heterocycles. The monoisotopic (exact) mass is 349 g/mol. The number of hydrogen-bond donors (Lipinski definition) is 1. The number of carbonyl (C=O) groups is 2. The Morgan fingerprint density at radius 2 is 1.73 bits per heavy atom. The van der Waals surface area contributed by atoms with Crippen LogP contribution < -0.4 is 5.32 Å². The minimum Gasteiger partial charge on any atom is -0.449 e. The average Bonchev–Trinajstić information content (AvgIpc) is 2.66. The first-order valence-electron chi connectivity index (χ1n) is 8.28. The number of fused-ring (bicyclic) bond motifs is 1. The van der Waals surface area contributed by atoms with Crippen molar-refractivity contribution in [1.29, 1.82) is 0 Å². The SMILES string of the molecule is Cc1ccc(CNC(=O)[C@H](C)OC(=O)c2ccc3nccnc3c2)cc1. The van der Waals surface area contributed by atoms with Gasteiger partial charge >= 0.3 is 5.97 Å². The molecule has 1 N–H and O–H groups in total. The van der Waals surface area contributed by atoms with Crippen LogP contribution in [-0.4, -0.2) is 27.9 Å². The Labute approximate surface area is 151 Å². The third kappa shape index (κ3) is 4.22. The molecule has 1 aromatic heterocycles. The second-order valence-electron chi connectivity index (χ2n) is 6.01. The van der Waals surface area contributed by atoms with E-state index >= 15 is 0 Å². The smallest absolute Gasteiger partial charge is 0.338 e. The van der Waals surface area contributed by atoms with Crippen LogP contribution in [0.2, 0.25) is 0 Å². The molecule has 1 atom stereocenters. The van der Waals surface area contributed by atoms with E-state index in [9.17, 15) is 9.59 Å². The maximum absolute atomic E-state index is 12.3. The summed E-state index contributed by atoms with van der Waals surface area (Å²) in [5.41, 5.74) is 3.75. The highest BCUT2D eigenvalue weighted by Gasteiger charge is 2.19. The topological polar surface area (TPSA) is 81.2 Å². The van der Waals surface area contributed by atoms with Crippen molar-refractivity contribution in [3.05, 3.63) is 71.5 Å². The molecular weight excluding hydrogens is 330 g/mol. The summed E-state index contributed by atoms with van der Waals surface area (Å²) in [5.74, 6) is -0.921. The number of amides is 1. The molecule has 0 fully saturated rings. The Hall–Kier alpha value is -3.28. The first kappa shape index (κ1) is 17.5. The molecule has 3 rings (SSSR count). The molecule has 26 heavy (non-hydrogen) atoms. The largest absolute Gasteiger partial charge is 0.449 e. The normalized spacial score (nSPS) is 11.8. The number of aryl methyl sites for hydroxylation is 1. The number of esters is 1. The lowest BCUT2D eigenvalue weighted by molar-refractivity contribution is -0.129. The summed E-state index contributed by atoms with van der Waals surface area (Å²) in [6, 6.07) is 12.8. The molecule has 0 saturated carbocycles. The number of hydrogen-bond acceptors (Lipinski definition) is 5. The van der Waals surface area contributed by atoms with Crippen LogP contribution in [0.5, 0.6) is 0 Å². The Kier molecular flexibility index (Phi) is 5.22. The highest BCUT2D eigenvalue weighted by atomic mass is 16.5. The zero-order valence-electron chi connectivity index (χ0n) is 14.6. The minimum atomic E-state index is -0.898. The van der Waals surface area contributed by atoms with Crippen LogP contribution in [0, 0.1) is 6.92 Å². The maximum atomic E-state index is 12.3. The molecule has 1 amide bonds. The zero-order valence-corrected chi connectivity index (χ0v) is 14.6. The lowest BCUT2D eigenvalue weighted by Gasteiger charge is -2.14. The molecule has 0 unspecified atom stereocenters. The highest BCUT2D eigenvalue weighted by Crippen LogP contribution is 2.13. The average molecular weight is 349 g/mol. The van der Waals surface area contributed by atoms with Crippen molar-refractivity contribution >= 4 is 22.9 Å². The van der Waals surface area contributed by atoms with Crippen molar-refractivity contribution < 1.29 is 14.3 Å². The van der Waals surface area contributed by atoms with Gasteiger partial charge in [0.05, 0.1) is 16.6 Å². The van der Waals surface area contributed by atoms with Gasteiger partial charge in [-0.15, -0.1) is 0 Å². The molecule has 6 nitrogen and oxygen atoms in total.